The summed E-state index contributed by atoms with van der Waals surface area (Å²) in [6, 6.07) is 10.5. The molecule has 0 atom stereocenters. The van der Waals surface area contributed by atoms with Crippen LogP contribution in [0.15, 0.2) is 30.3 Å². The van der Waals surface area contributed by atoms with Crippen molar-refractivity contribution < 1.29 is 9.26 Å². The van der Waals surface area contributed by atoms with Gasteiger partial charge < -0.3 is 4.43 Å². The van der Waals surface area contributed by atoms with Gasteiger partial charge in [0.25, 0.3) is 9.92 Å². The van der Waals surface area contributed by atoms with Crippen molar-refractivity contribution in [2.24, 2.45) is 0 Å². The summed E-state index contributed by atoms with van der Waals surface area (Å²) in [5.41, 5.74) is 1.14. The zero-order chi connectivity index (χ0) is 25.8. The third-order valence-electron chi connectivity index (χ3n) is 7.14. The molecule has 1 aromatic rings. The van der Waals surface area contributed by atoms with Gasteiger partial charge in [-0.05, 0) is 25.0 Å². The molecule has 1 aromatic carbocycles. The summed E-state index contributed by atoms with van der Waals surface area (Å²) >= 11 is 0. The van der Waals surface area contributed by atoms with Crippen molar-refractivity contribution in [3.63, 3.8) is 0 Å². The largest absolute Gasteiger partial charge is 0.402 e. The molecule has 0 spiro atoms. The van der Waals surface area contributed by atoms with Crippen LogP contribution < -0.4 is 4.73 Å². The van der Waals surface area contributed by atoms with E-state index < -0.39 is 9.92 Å². The van der Waals surface area contributed by atoms with E-state index in [1.54, 1.807) is 0 Å². The molecule has 0 fully saturated rings. The molecule has 1 rings (SSSR count). The standard InChI is InChI=1S/C32H61NO2Si/c1-3-5-7-9-11-13-15-16-17-19-21-26-30-34-33(32-28-24-23-25-29-32)36-35-31-27-22-20-18-14-12-10-8-6-4-2/h23-25,28-29H,3-22,26-27,30-31,36H2,1-2H3. The number of hydrogen-bond acceptors (Lipinski definition) is 3. The third-order valence-corrected chi connectivity index (χ3v) is 8.39. The minimum absolute atomic E-state index is 0.806. The Balaban J connectivity index is 2.03. The number of rotatable bonds is 28. The maximum atomic E-state index is 6.19. The molecule has 210 valence electrons. The third kappa shape index (κ3) is 21.3. The summed E-state index contributed by atoms with van der Waals surface area (Å²) in [7, 11) is -0.880. The van der Waals surface area contributed by atoms with Crippen LogP contribution >= 0.6 is 0 Å². The summed E-state index contributed by atoms with van der Waals surface area (Å²) in [6.07, 6.45) is 30.2. The normalized spacial score (nSPS) is 11.6. The van der Waals surface area contributed by atoms with Gasteiger partial charge in [0.05, 0.1) is 12.3 Å². The lowest BCUT2D eigenvalue weighted by Gasteiger charge is -2.23. The van der Waals surface area contributed by atoms with Crippen LogP contribution in [0.1, 0.15) is 155 Å². The molecular formula is C32H61NO2Si. The summed E-state index contributed by atoms with van der Waals surface area (Å²) < 4.78 is 8.20. The molecule has 0 saturated carbocycles. The van der Waals surface area contributed by atoms with Crippen molar-refractivity contribution >= 4 is 15.6 Å². The van der Waals surface area contributed by atoms with Crippen molar-refractivity contribution in [1.82, 2.24) is 0 Å². The van der Waals surface area contributed by atoms with Gasteiger partial charge in [-0.15, -0.1) is 0 Å². The second kappa shape index (κ2) is 27.2. The summed E-state index contributed by atoms with van der Waals surface area (Å²) in [5, 5.41) is 0. The van der Waals surface area contributed by atoms with Gasteiger partial charge in [-0.3, -0.25) is 9.57 Å². The van der Waals surface area contributed by atoms with Gasteiger partial charge in [0.1, 0.15) is 0 Å². The molecule has 0 heterocycles. The lowest BCUT2D eigenvalue weighted by atomic mass is 10.1. The molecule has 0 unspecified atom stereocenters. The van der Waals surface area contributed by atoms with E-state index in [2.05, 4.69) is 48.9 Å². The fraction of sp³-hybridized carbons (Fsp3) is 0.812. The molecule has 0 bridgehead atoms. The van der Waals surface area contributed by atoms with Gasteiger partial charge in [0.15, 0.2) is 0 Å². The predicted molar refractivity (Wildman–Crippen MR) is 162 cm³/mol. The van der Waals surface area contributed by atoms with Crippen LogP contribution in [0.2, 0.25) is 0 Å². The molecule has 0 aromatic heterocycles. The van der Waals surface area contributed by atoms with Crippen LogP contribution in [-0.2, 0) is 9.26 Å². The highest BCUT2D eigenvalue weighted by molar-refractivity contribution is 6.32. The van der Waals surface area contributed by atoms with Crippen molar-refractivity contribution in [2.75, 3.05) is 17.9 Å². The van der Waals surface area contributed by atoms with Crippen LogP contribution in [0, 0.1) is 0 Å². The van der Waals surface area contributed by atoms with Crippen LogP contribution in [0.4, 0.5) is 5.69 Å². The van der Waals surface area contributed by atoms with E-state index in [0.717, 1.165) is 25.3 Å². The summed E-state index contributed by atoms with van der Waals surface area (Å²) in [5.74, 6) is 0. The van der Waals surface area contributed by atoms with Gasteiger partial charge in [-0.2, -0.15) is 0 Å². The summed E-state index contributed by atoms with van der Waals surface area (Å²) in [4.78, 5) is 6.19. The molecule has 0 aliphatic rings. The smallest absolute Gasteiger partial charge is 0.295 e. The van der Waals surface area contributed by atoms with E-state index >= 15 is 0 Å². The molecule has 0 aliphatic heterocycles. The fourth-order valence-electron chi connectivity index (χ4n) is 4.74. The van der Waals surface area contributed by atoms with Crippen molar-refractivity contribution in [2.45, 2.75) is 155 Å². The Morgan fingerprint density at radius 1 is 0.500 bits per heavy atom. The number of nitrogens with zero attached hydrogens (tertiary/aromatic N) is 1. The predicted octanol–water partition coefficient (Wildman–Crippen LogP) is 10.1. The lowest BCUT2D eigenvalue weighted by Crippen LogP contribution is -2.30. The minimum atomic E-state index is -0.880. The maximum absolute atomic E-state index is 6.19. The van der Waals surface area contributed by atoms with Crippen molar-refractivity contribution in [1.29, 1.82) is 0 Å². The molecule has 36 heavy (non-hydrogen) atoms. The highest BCUT2D eigenvalue weighted by Crippen LogP contribution is 2.15. The fourth-order valence-corrected chi connectivity index (χ4v) is 5.80. The van der Waals surface area contributed by atoms with Gasteiger partial charge in [-0.25, -0.2) is 0 Å². The Hall–Kier alpha value is -0.843. The quantitative estimate of drug-likeness (QED) is 0.0624. The van der Waals surface area contributed by atoms with E-state index in [1.165, 1.54) is 135 Å². The van der Waals surface area contributed by atoms with Gasteiger partial charge in [-0.1, -0.05) is 160 Å². The number of hydrogen-bond donors (Lipinski definition) is 0. The first-order chi connectivity index (χ1) is 17.9. The molecule has 0 amide bonds. The SMILES string of the molecule is CCCCCCCCCCCCCCON([SiH2]OCCCCCCCCCCCC)c1ccccc1. The Morgan fingerprint density at radius 3 is 1.33 bits per heavy atom. The summed E-state index contributed by atoms with van der Waals surface area (Å²) in [6.45, 7) is 6.27. The van der Waals surface area contributed by atoms with Crippen LogP contribution in [0.5, 0.6) is 0 Å². The molecule has 0 aliphatic carbocycles. The number of para-hydroxylation sites is 1. The van der Waals surface area contributed by atoms with Gasteiger partial charge in [0, 0.05) is 6.61 Å². The highest BCUT2D eigenvalue weighted by atomic mass is 28.2. The monoisotopic (exact) mass is 519 g/mol. The number of anilines is 1. The lowest BCUT2D eigenvalue weighted by molar-refractivity contribution is 0.131. The molecule has 0 saturated heterocycles. The van der Waals surface area contributed by atoms with Crippen LogP contribution in [-0.4, -0.2) is 23.1 Å². The Labute approximate surface area is 228 Å². The second-order valence-corrected chi connectivity index (χ2v) is 11.9. The molecule has 0 radical (unpaired) electrons. The van der Waals surface area contributed by atoms with E-state index in [0.29, 0.717) is 0 Å². The first kappa shape index (κ1) is 33.2. The van der Waals surface area contributed by atoms with E-state index in [4.69, 9.17) is 9.26 Å². The van der Waals surface area contributed by atoms with E-state index in [-0.39, 0.29) is 0 Å². The first-order valence-corrected chi connectivity index (χ1v) is 17.1. The number of benzene rings is 1. The first-order valence-electron chi connectivity index (χ1n) is 15.9. The average Bonchev–Trinajstić information content (AvgIpc) is 2.91. The molecule has 4 heteroatoms. The molecule has 3 nitrogen and oxygen atoms in total. The Kier molecular flexibility index (Phi) is 25.1. The average molecular weight is 520 g/mol. The van der Waals surface area contributed by atoms with Gasteiger partial charge in [0.2, 0.25) is 0 Å². The van der Waals surface area contributed by atoms with E-state index in [9.17, 15) is 0 Å². The maximum Gasteiger partial charge on any atom is 0.295 e. The highest BCUT2D eigenvalue weighted by Gasteiger charge is 2.08. The number of unbranched alkanes of at least 4 members (excludes halogenated alkanes) is 20. The topological polar surface area (TPSA) is 21.7 Å². The Morgan fingerprint density at radius 2 is 0.889 bits per heavy atom. The zero-order valence-electron chi connectivity index (χ0n) is 24.3. The molecule has 0 N–H and O–H groups in total. The second-order valence-electron chi connectivity index (χ2n) is 10.7. The van der Waals surface area contributed by atoms with E-state index in [1.807, 2.05) is 0 Å². The van der Waals surface area contributed by atoms with Crippen LogP contribution in [0.25, 0.3) is 0 Å². The minimum Gasteiger partial charge on any atom is -0.402 e. The van der Waals surface area contributed by atoms with Crippen molar-refractivity contribution in [3.8, 4) is 0 Å². The Bertz CT molecular complexity index is 542. The zero-order valence-corrected chi connectivity index (χ0v) is 25.7. The van der Waals surface area contributed by atoms with Crippen molar-refractivity contribution in [3.05, 3.63) is 30.3 Å². The van der Waals surface area contributed by atoms with Crippen LogP contribution in [0.3, 0.4) is 0 Å². The molecular weight excluding hydrogens is 458 g/mol. The van der Waals surface area contributed by atoms with Gasteiger partial charge >= 0.3 is 0 Å².